The second-order valence-corrected chi connectivity index (χ2v) is 34.9. The maximum absolute atomic E-state index is 13.6. The quantitative estimate of drug-likeness (QED) is 0.0584. The lowest BCUT2D eigenvalue weighted by atomic mass is 9.99. The van der Waals surface area contributed by atoms with Crippen molar-refractivity contribution in [3.05, 3.63) is 207 Å². The number of thiazole rings is 2. The minimum absolute atomic E-state index is 0. The monoisotopic (exact) mass is 1680 g/mol. The molecule has 15 rings (SSSR count). The Kier molecular flexibility index (Phi) is 24.7. The van der Waals surface area contributed by atoms with Gasteiger partial charge >= 0.3 is 0 Å². The number of halogens is 4. The van der Waals surface area contributed by atoms with E-state index in [2.05, 4.69) is 53.7 Å². The highest BCUT2D eigenvalue weighted by atomic mass is 35.5. The van der Waals surface area contributed by atoms with E-state index in [-0.39, 0.29) is 115 Å². The average Bonchev–Trinajstić information content (AvgIpc) is 1.42. The number of amides is 4. The first-order valence-corrected chi connectivity index (χ1v) is 42.9. The molecule has 0 saturated carbocycles. The summed E-state index contributed by atoms with van der Waals surface area (Å²) in [6.45, 7) is 9.86. The Labute approximate surface area is 675 Å². The third-order valence-corrected chi connectivity index (χ3v) is 26.2. The third-order valence-electron chi connectivity index (χ3n) is 19.9. The molecule has 3 fully saturated rings. The van der Waals surface area contributed by atoms with Gasteiger partial charge in [0, 0.05) is 150 Å². The van der Waals surface area contributed by atoms with Crippen LogP contribution in [0.4, 0.5) is 48.9 Å². The van der Waals surface area contributed by atoms with E-state index in [0.717, 1.165) is 77.5 Å². The van der Waals surface area contributed by atoms with Gasteiger partial charge in [-0.05, 0) is 190 Å². The van der Waals surface area contributed by atoms with Crippen molar-refractivity contribution in [2.45, 2.75) is 78.9 Å². The summed E-state index contributed by atoms with van der Waals surface area (Å²) >= 11 is 20.5. The summed E-state index contributed by atoms with van der Waals surface area (Å²) in [4.78, 5) is 83.8. The van der Waals surface area contributed by atoms with Gasteiger partial charge in [0.15, 0.2) is 16.1 Å². The van der Waals surface area contributed by atoms with Crippen LogP contribution in [0, 0.1) is 5.82 Å². The smallest absolute Gasteiger partial charge is 0.263 e. The molecule has 4 aromatic heterocycles. The van der Waals surface area contributed by atoms with E-state index >= 15 is 0 Å². The van der Waals surface area contributed by atoms with Gasteiger partial charge in [-0.15, -0.1) is 22.7 Å². The molecule has 111 heavy (non-hydrogen) atoms. The fraction of sp³-hybridized carbons (Fsp3) is 0.307. The summed E-state index contributed by atoms with van der Waals surface area (Å²) in [5.41, 5.74) is 7.36. The summed E-state index contributed by atoms with van der Waals surface area (Å²) in [5.74, 6) is -0.746. The van der Waals surface area contributed by atoms with Crippen molar-refractivity contribution in [2.75, 3.05) is 124 Å². The topological polar surface area (TPSA) is 309 Å². The highest BCUT2D eigenvalue weighted by Gasteiger charge is 2.37. The van der Waals surface area contributed by atoms with Crippen LogP contribution in [-0.4, -0.2) is 196 Å². The number of nitrogens with one attached hydrogen (secondary N) is 3. The Morgan fingerprint density at radius 3 is 1.65 bits per heavy atom. The maximum Gasteiger partial charge on any atom is 0.263 e. The van der Waals surface area contributed by atoms with Gasteiger partial charge in [0.1, 0.15) is 36.1 Å². The van der Waals surface area contributed by atoms with Crippen molar-refractivity contribution < 1.29 is 63.9 Å². The molecule has 3 atom stereocenters. The van der Waals surface area contributed by atoms with Gasteiger partial charge in [-0.25, -0.2) is 44.6 Å². The number of benzene rings is 6. The van der Waals surface area contributed by atoms with Crippen molar-refractivity contribution in [3.63, 3.8) is 0 Å². The lowest BCUT2D eigenvalue weighted by Gasteiger charge is -2.44. The molecule has 4 amide bonds. The number of rotatable bonds is 19. The first-order chi connectivity index (χ1) is 53.3. The summed E-state index contributed by atoms with van der Waals surface area (Å²) in [7, 11) is -11.4. The Bertz CT molecular complexity index is 5410. The number of hydrogen-bond donors (Lipinski definition) is 4. The maximum atomic E-state index is 13.6. The zero-order valence-electron chi connectivity index (χ0n) is 60.1. The molecule has 596 valence electrons. The molecule has 0 spiro atoms. The molecule has 6 aromatic carbocycles. The van der Waals surface area contributed by atoms with Crippen LogP contribution in [-0.2, 0) is 68.6 Å². The number of aliphatic hydroxyl groups excluding tert-OH is 1. The number of hydrogen-bond acceptors (Lipinski definition) is 21. The van der Waals surface area contributed by atoms with Crippen LogP contribution in [0.3, 0.4) is 0 Å². The van der Waals surface area contributed by atoms with Crippen molar-refractivity contribution in [1.29, 1.82) is 0 Å². The average molecular weight is 1680 g/mol. The fourth-order valence-corrected chi connectivity index (χ4v) is 19.2. The number of fused-ring (bicyclic) bond motifs is 3. The lowest BCUT2D eigenvalue weighted by Crippen LogP contribution is -2.60. The number of aromatic nitrogens is 5. The van der Waals surface area contributed by atoms with Crippen LogP contribution >= 0.6 is 57.5 Å². The predicted molar refractivity (Wildman–Crippen MR) is 445 cm³/mol. The summed E-state index contributed by atoms with van der Waals surface area (Å²) in [5, 5.41) is 16.5. The Morgan fingerprint density at radius 1 is 0.595 bits per heavy atom. The van der Waals surface area contributed by atoms with E-state index < -0.39 is 30.1 Å². The standard InChI is InChI=1S/C26H28Cl2N6O3S.C26H30ClN5O4S2.C23H20FN5O4S2.7H2/c1-18(34-10-2-3-19-15-20(27)4-9-23(19)34)26(35)33-13-11-32(12-14-33)21-5-7-22(8-6-21)38(36,37)31-25-17-29-16-24(28)30-25;1-18(31-11-2-3-19-15-20(27)4-9-24(19)31)25(34)32-13-12-30(16-22(32)17-33)21-5-7-23(8-6-21)38(35,36)29-26-28-10-14-37-26;24-17-2-1-16-7-9-27(20(16)13-17)14-21(30)28-10-11-29(22(31)15-28)18-3-5-19(6-4-18)35(32,33)26-23-25-8-12-34-23;;;;;;;/h4-9,15-18H,2-3,10-14H2,1H3,(H,30,31);4-10,14-15,18,22,33H,2-3,11-13,16-17H2,1H3,(H,28,29);1-9,12-13H,10-11,14-15H2,(H,25,26);7*1H/t18-;18-,22+;;;;;;;;/m11......../s1. The van der Waals surface area contributed by atoms with E-state index in [0.29, 0.717) is 73.7 Å². The van der Waals surface area contributed by atoms with E-state index in [1.807, 2.05) is 61.2 Å². The van der Waals surface area contributed by atoms with Crippen LogP contribution in [0.15, 0.2) is 190 Å². The van der Waals surface area contributed by atoms with Crippen LogP contribution in [0.25, 0.3) is 10.9 Å². The van der Waals surface area contributed by atoms with Gasteiger partial charge in [-0.1, -0.05) is 34.8 Å². The molecular formula is C75H92Cl3FN16O11S5. The molecular weight excluding hydrogens is 1590 g/mol. The molecule has 4 N–H and O–H groups in total. The number of carbonyl (C=O) groups is 4. The zero-order valence-corrected chi connectivity index (χ0v) is 66.4. The van der Waals surface area contributed by atoms with Crippen LogP contribution in [0.1, 0.15) is 47.8 Å². The minimum Gasteiger partial charge on any atom is -0.394 e. The van der Waals surface area contributed by atoms with E-state index in [1.54, 1.807) is 93.2 Å². The molecule has 0 bridgehead atoms. The molecule has 27 nitrogen and oxygen atoms in total. The number of sulfonamides is 3. The van der Waals surface area contributed by atoms with Crippen molar-refractivity contribution in [2.24, 2.45) is 0 Å². The second kappa shape index (κ2) is 34.5. The van der Waals surface area contributed by atoms with Gasteiger partial charge in [0.2, 0.25) is 23.6 Å². The number of carbonyl (C=O) groups excluding carboxylic acids is 4. The Hall–Kier alpha value is -9.71. The largest absolute Gasteiger partial charge is 0.394 e. The van der Waals surface area contributed by atoms with Gasteiger partial charge in [-0.2, -0.15) is 0 Å². The molecule has 0 unspecified atom stereocenters. The van der Waals surface area contributed by atoms with Crippen LogP contribution in [0.5, 0.6) is 0 Å². The van der Waals surface area contributed by atoms with Gasteiger partial charge in [-0.3, -0.25) is 38.3 Å². The highest BCUT2D eigenvalue weighted by molar-refractivity contribution is 7.93. The second-order valence-electron chi connectivity index (χ2n) is 26.8. The molecule has 36 heteroatoms. The Morgan fingerprint density at radius 2 is 1.12 bits per heavy atom. The van der Waals surface area contributed by atoms with E-state index in [4.69, 9.17) is 34.8 Å². The van der Waals surface area contributed by atoms with E-state index in [1.165, 1.54) is 87.1 Å². The van der Waals surface area contributed by atoms with Gasteiger partial charge < -0.3 is 48.9 Å². The molecule has 0 aliphatic carbocycles. The summed E-state index contributed by atoms with van der Waals surface area (Å²) in [6, 6.07) is 36.1. The third kappa shape index (κ3) is 18.8. The van der Waals surface area contributed by atoms with Crippen molar-refractivity contribution in [1.82, 2.24) is 39.2 Å². The number of nitrogens with zero attached hydrogens (tertiary/aromatic N) is 13. The van der Waals surface area contributed by atoms with Gasteiger partial charge in [0.05, 0.1) is 45.2 Å². The minimum atomic E-state index is -3.84. The highest BCUT2D eigenvalue weighted by Crippen LogP contribution is 2.35. The van der Waals surface area contributed by atoms with Crippen LogP contribution in [0.2, 0.25) is 15.2 Å². The molecule has 0 radical (unpaired) electrons. The fourth-order valence-electron chi connectivity index (χ4n) is 14.1. The van der Waals surface area contributed by atoms with Crippen molar-refractivity contribution >= 4 is 167 Å². The van der Waals surface area contributed by atoms with E-state index in [9.17, 15) is 53.9 Å². The number of aryl methyl sites for hydroxylation is 2. The van der Waals surface area contributed by atoms with Gasteiger partial charge in [0.25, 0.3) is 30.1 Å². The normalized spacial score (nSPS) is 16.7. The molecule has 5 aliphatic rings. The summed E-state index contributed by atoms with van der Waals surface area (Å²) in [6.07, 6.45) is 11.2. The number of piperazine rings is 3. The molecule has 5 aliphatic heterocycles. The molecule has 9 heterocycles. The number of aliphatic hydroxyl groups is 1. The summed E-state index contributed by atoms with van der Waals surface area (Å²) < 4.78 is 98.3. The first kappa shape index (κ1) is 79.4. The molecule has 10 aromatic rings. The zero-order chi connectivity index (χ0) is 78.3. The lowest BCUT2D eigenvalue weighted by molar-refractivity contribution is -0.137. The first-order valence-electron chi connectivity index (χ1n) is 35.6. The predicted octanol–water partition coefficient (Wildman–Crippen LogP) is 12.2. The SMILES string of the molecule is C[C@H](C(=O)N1CCN(c2ccc(S(=O)(=O)Nc3cncc(Cl)n3)cc2)CC1)N1CCCc2cc(Cl)ccc21.C[C@H](C(=O)N1CCN(c2ccc(S(=O)(=O)Nc3nccs3)cc2)C[C@H]1CO)N1CCCc2cc(Cl)ccc21.O=C(Cn1ccc2ccc(F)cc21)N1CCN(c2ccc(S(=O)(=O)Nc3nccs3)cc2)C(=O)C1.[HH].[HH].[HH].[HH].[HH].[HH].[HH]. The number of anilines is 8. The Balaban J connectivity index is 0.000000267. The van der Waals surface area contributed by atoms with Crippen LogP contribution < -0.4 is 38.7 Å². The van der Waals surface area contributed by atoms with Crippen molar-refractivity contribution in [3.8, 4) is 0 Å². The molecule has 3 saturated heterocycles.